The standard InChI is InChI=1S/C32H21N2OP/c1-33-27-18-12-24(13-19-27)25-14-20-29(21-15-25)36(35,28-8-4-3-5-9-28)30-22-16-26(17-23-30)31-10-6-7-11-32(31)34-2/h3-23H. The van der Waals surface area contributed by atoms with Gasteiger partial charge < -0.3 is 4.57 Å². The predicted molar refractivity (Wildman–Crippen MR) is 149 cm³/mol. The Morgan fingerprint density at radius 2 is 0.944 bits per heavy atom. The second kappa shape index (κ2) is 9.89. The Morgan fingerprint density at radius 3 is 1.50 bits per heavy atom. The van der Waals surface area contributed by atoms with Crippen LogP contribution in [0.3, 0.4) is 0 Å². The lowest BCUT2D eigenvalue weighted by atomic mass is 10.0. The second-order valence-corrected chi connectivity index (χ2v) is 11.1. The van der Waals surface area contributed by atoms with E-state index in [-0.39, 0.29) is 0 Å². The molecular formula is C32H21N2OP. The summed E-state index contributed by atoms with van der Waals surface area (Å²) in [6.45, 7) is 14.6. The molecule has 0 bridgehead atoms. The summed E-state index contributed by atoms with van der Waals surface area (Å²) in [5.41, 5.74) is 4.99. The highest BCUT2D eigenvalue weighted by atomic mass is 31.2. The van der Waals surface area contributed by atoms with Gasteiger partial charge in [-0.25, -0.2) is 9.69 Å². The van der Waals surface area contributed by atoms with Gasteiger partial charge in [0.15, 0.2) is 18.5 Å². The highest BCUT2D eigenvalue weighted by molar-refractivity contribution is 7.85. The van der Waals surface area contributed by atoms with E-state index in [0.29, 0.717) is 11.4 Å². The van der Waals surface area contributed by atoms with E-state index in [1.54, 1.807) is 12.1 Å². The van der Waals surface area contributed by atoms with Crippen LogP contribution >= 0.6 is 7.14 Å². The zero-order valence-electron chi connectivity index (χ0n) is 19.4. The molecule has 1 atom stereocenters. The van der Waals surface area contributed by atoms with Gasteiger partial charge in [-0.05, 0) is 22.3 Å². The van der Waals surface area contributed by atoms with Crippen molar-refractivity contribution in [1.82, 2.24) is 0 Å². The third kappa shape index (κ3) is 4.25. The first kappa shape index (κ1) is 23.1. The summed E-state index contributed by atoms with van der Waals surface area (Å²) in [6, 6.07) is 40.1. The zero-order chi connectivity index (χ0) is 25.0. The van der Waals surface area contributed by atoms with Gasteiger partial charge in [0.2, 0.25) is 0 Å². The molecule has 5 rings (SSSR count). The van der Waals surface area contributed by atoms with E-state index < -0.39 is 7.14 Å². The summed E-state index contributed by atoms with van der Waals surface area (Å²) < 4.78 is 14.8. The molecule has 5 aromatic carbocycles. The number of benzene rings is 5. The van der Waals surface area contributed by atoms with Crippen molar-refractivity contribution in [2.24, 2.45) is 0 Å². The molecular weight excluding hydrogens is 459 g/mol. The molecule has 0 radical (unpaired) electrons. The summed E-state index contributed by atoms with van der Waals surface area (Å²) >= 11 is 0. The van der Waals surface area contributed by atoms with Gasteiger partial charge in [0, 0.05) is 15.9 Å². The Morgan fingerprint density at radius 1 is 0.472 bits per heavy atom. The normalized spacial score (nSPS) is 12.2. The number of hydrogen-bond acceptors (Lipinski definition) is 1. The van der Waals surface area contributed by atoms with Crippen molar-refractivity contribution in [3.63, 3.8) is 0 Å². The van der Waals surface area contributed by atoms with Gasteiger partial charge in [-0.2, -0.15) is 0 Å². The molecule has 0 spiro atoms. The van der Waals surface area contributed by atoms with Crippen molar-refractivity contribution in [3.8, 4) is 22.3 Å². The molecule has 0 aliphatic heterocycles. The van der Waals surface area contributed by atoms with E-state index in [4.69, 9.17) is 13.1 Å². The van der Waals surface area contributed by atoms with Crippen LogP contribution < -0.4 is 15.9 Å². The molecule has 0 aliphatic rings. The van der Waals surface area contributed by atoms with Gasteiger partial charge >= 0.3 is 0 Å². The van der Waals surface area contributed by atoms with E-state index in [1.165, 1.54) is 0 Å². The van der Waals surface area contributed by atoms with Crippen molar-refractivity contribution >= 4 is 34.4 Å². The monoisotopic (exact) mass is 480 g/mol. The number of hydrogen-bond donors (Lipinski definition) is 0. The third-order valence-corrected chi connectivity index (χ3v) is 9.32. The van der Waals surface area contributed by atoms with E-state index in [0.717, 1.165) is 38.2 Å². The van der Waals surface area contributed by atoms with Gasteiger partial charge in [-0.1, -0.05) is 127 Å². The van der Waals surface area contributed by atoms with Crippen LogP contribution in [0.2, 0.25) is 0 Å². The van der Waals surface area contributed by atoms with E-state index in [1.807, 2.05) is 115 Å². The lowest BCUT2D eigenvalue weighted by molar-refractivity contribution is 0.592. The minimum Gasteiger partial charge on any atom is -0.309 e. The third-order valence-electron chi connectivity index (χ3n) is 6.25. The second-order valence-electron chi connectivity index (χ2n) is 8.33. The van der Waals surface area contributed by atoms with Crippen LogP contribution in [0, 0.1) is 13.1 Å². The quantitative estimate of drug-likeness (QED) is 0.186. The molecule has 1 unspecified atom stereocenters. The molecule has 36 heavy (non-hydrogen) atoms. The molecule has 0 heterocycles. The summed E-state index contributed by atoms with van der Waals surface area (Å²) in [5.74, 6) is 0. The van der Waals surface area contributed by atoms with Crippen molar-refractivity contribution < 1.29 is 4.57 Å². The molecule has 0 saturated carbocycles. The van der Waals surface area contributed by atoms with Gasteiger partial charge in [-0.15, -0.1) is 0 Å². The molecule has 3 nitrogen and oxygen atoms in total. The Kier molecular flexibility index (Phi) is 6.34. The molecule has 4 heteroatoms. The van der Waals surface area contributed by atoms with Crippen LogP contribution in [0.15, 0.2) is 127 Å². The SMILES string of the molecule is [C-]#[N+]c1ccc(-c2ccc(P(=O)(c3ccccc3)c3ccc(-c4ccccc4[N+]#[C-])cc3)cc2)cc1. The lowest BCUT2D eigenvalue weighted by Gasteiger charge is -2.21. The van der Waals surface area contributed by atoms with Gasteiger partial charge in [0.1, 0.15) is 0 Å². The molecule has 0 amide bonds. The Balaban J connectivity index is 1.57. The maximum absolute atomic E-state index is 14.8. The average Bonchev–Trinajstić information content (AvgIpc) is 2.97. The summed E-state index contributed by atoms with van der Waals surface area (Å²) in [5, 5.41) is 2.27. The van der Waals surface area contributed by atoms with E-state index >= 15 is 0 Å². The minimum absolute atomic E-state index is 0.594. The van der Waals surface area contributed by atoms with Crippen molar-refractivity contribution in [2.75, 3.05) is 0 Å². The van der Waals surface area contributed by atoms with Crippen LogP contribution in [0.25, 0.3) is 31.9 Å². The summed E-state index contributed by atoms with van der Waals surface area (Å²) in [6.07, 6.45) is 0. The highest BCUT2D eigenvalue weighted by Gasteiger charge is 2.29. The first-order valence-corrected chi connectivity index (χ1v) is 13.2. The van der Waals surface area contributed by atoms with Crippen molar-refractivity contribution in [3.05, 3.63) is 150 Å². The molecule has 0 aromatic heterocycles. The largest absolute Gasteiger partial charge is 0.309 e. The molecule has 0 N–H and O–H groups in total. The molecule has 0 aliphatic carbocycles. The smallest absolute Gasteiger partial charge is 0.194 e. The predicted octanol–water partition coefficient (Wildman–Crippen LogP) is 7.76. The Bertz CT molecular complexity index is 1640. The Labute approximate surface area is 211 Å². The fourth-order valence-electron chi connectivity index (χ4n) is 4.34. The first-order valence-electron chi connectivity index (χ1n) is 11.4. The van der Waals surface area contributed by atoms with Crippen LogP contribution in [0.5, 0.6) is 0 Å². The molecule has 0 fully saturated rings. The summed E-state index contributed by atoms with van der Waals surface area (Å²) in [4.78, 5) is 7.09. The van der Waals surface area contributed by atoms with E-state index in [2.05, 4.69) is 9.69 Å². The van der Waals surface area contributed by atoms with Crippen LogP contribution in [0.4, 0.5) is 11.4 Å². The molecule has 5 aromatic rings. The fourth-order valence-corrected chi connectivity index (χ4v) is 6.97. The van der Waals surface area contributed by atoms with Gasteiger partial charge in [0.05, 0.1) is 13.1 Å². The molecule has 170 valence electrons. The topological polar surface area (TPSA) is 25.8 Å². The number of nitrogens with zero attached hydrogens (tertiary/aromatic N) is 2. The highest BCUT2D eigenvalue weighted by Crippen LogP contribution is 2.43. The maximum atomic E-state index is 14.8. The van der Waals surface area contributed by atoms with E-state index in [9.17, 15) is 4.57 Å². The minimum atomic E-state index is -3.13. The van der Waals surface area contributed by atoms with Crippen LogP contribution in [-0.4, -0.2) is 0 Å². The molecule has 0 saturated heterocycles. The van der Waals surface area contributed by atoms with Crippen LogP contribution in [0.1, 0.15) is 0 Å². The summed E-state index contributed by atoms with van der Waals surface area (Å²) in [7, 11) is -3.13. The van der Waals surface area contributed by atoms with Gasteiger partial charge in [-0.3, -0.25) is 0 Å². The number of rotatable bonds is 5. The lowest BCUT2D eigenvalue weighted by Crippen LogP contribution is -2.24. The zero-order valence-corrected chi connectivity index (χ0v) is 20.3. The Hall–Kier alpha value is -4.69. The number of para-hydroxylation sites is 1. The van der Waals surface area contributed by atoms with Crippen molar-refractivity contribution in [2.45, 2.75) is 0 Å². The van der Waals surface area contributed by atoms with Crippen LogP contribution in [-0.2, 0) is 4.57 Å². The fraction of sp³-hybridized carbons (Fsp3) is 0. The maximum Gasteiger partial charge on any atom is 0.194 e. The van der Waals surface area contributed by atoms with Crippen molar-refractivity contribution in [1.29, 1.82) is 0 Å². The first-order chi connectivity index (χ1) is 17.6. The van der Waals surface area contributed by atoms with Gasteiger partial charge in [0.25, 0.3) is 0 Å². The average molecular weight is 481 g/mol.